The van der Waals surface area contributed by atoms with Crippen molar-refractivity contribution in [1.29, 1.82) is 0 Å². The Morgan fingerprint density at radius 3 is 2.30 bits per heavy atom. The minimum atomic E-state index is -0.670. The van der Waals surface area contributed by atoms with Gasteiger partial charge in [0.2, 0.25) is 0 Å². The first kappa shape index (κ1) is 19.1. The van der Waals surface area contributed by atoms with Crippen molar-refractivity contribution in [2.24, 2.45) is 5.92 Å². The first-order chi connectivity index (χ1) is 13.1. The fraction of sp³-hybridized carbons (Fsp3) is 0.364. The van der Waals surface area contributed by atoms with E-state index >= 15 is 0 Å². The van der Waals surface area contributed by atoms with E-state index in [2.05, 4.69) is 4.90 Å². The number of ether oxygens (including phenoxy) is 1. The van der Waals surface area contributed by atoms with Crippen molar-refractivity contribution >= 4 is 11.8 Å². The van der Waals surface area contributed by atoms with Gasteiger partial charge >= 0.3 is 5.97 Å². The van der Waals surface area contributed by atoms with Gasteiger partial charge in [-0.05, 0) is 50.0 Å². The molecule has 27 heavy (non-hydrogen) atoms. The highest BCUT2D eigenvalue weighted by Gasteiger charge is 2.23. The smallest absolute Gasteiger partial charge is 0.306 e. The summed E-state index contributed by atoms with van der Waals surface area (Å²) in [4.78, 5) is 25.4. The number of carboxylic acid groups (broad SMARTS) is 1. The topological polar surface area (TPSA) is 66.8 Å². The normalized spacial score (nSPS) is 15.4. The van der Waals surface area contributed by atoms with Crippen molar-refractivity contribution in [3.63, 3.8) is 0 Å². The molecule has 142 valence electrons. The van der Waals surface area contributed by atoms with Crippen molar-refractivity contribution in [2.45, 2.75) is 19.3 Å². The maximum Gasteiger partial charge on any atom is 0.306 e. The summed E-state index contributed by atoms with van der Waals surface area (Å²) in [5.41, 5.74) is 1.86. The molecule has 2 aromatic rings. The molecule has 0 aromatic heterocycles. The van der Waals surface area contributed by atoms with Crippen LogP contribution in [-0.2, 0) is 11.2 Å². The van der Waals surface area contributed by atoms with Crippen LogP contribution in [0.1, 0.15) is 28.8 Å². The zero-order valence-corrected chi connectivity index (χ0v) is 15.3. The van der Waals surface area contributed by atoms with Crippen LogP contribution in [-0.4, -0.2) is 48.0 Å². The van der Waals surface area contributed by atoms with Crippen molar-refractivity contribution < 1.29 is 19.4 Å². The summed E-state index contributed by atoms with van der Waals surface area (Å²) in [5.74, 6) is -0.206. The zero-order valence-electron chi connectivity index (χ0n) is 15.3. The van der Waals surface area contributed by atoms with Gasteiger partial charge in [0, 0.05) is 12.1 Å². The average molecular weight is 367 g/mol. The highest BCUT2D eigenvalue weighted by Crippen LogP contribution is 2.18. The number of likely N-dealkylation sites (tertiary alicyclic amines) is 1. The van der Waals surface area contributed by atoms with E-state index in [-0.39, 0.29) is 18.3 Å². The maximum atomic E-state index is 12.1. The molecule has 2 aromatic carbocycles. The highest BCUT2D eigenvalue weighted by atomic mass is 16.5. The Kier molecular flexibility index (Phi) is 6.60. The van der Waals surface area contributed by atoms with Gasteiger partial charge in [-0.25, -0.2) is 0 Å². The number of piperidine rings is 1. The van der Waals surface area contributed by atoms with E-state index in [1.807, 2.05) is 42.5 Å². The van der Waals surface area contributed by atoms with Crippen LogP contribution >= 0.6 is 0 Å². The molecule has 0 aliphatic carbocycles. The number of carboxylic acids is 1. The molecule has 1 N–H and O–H groups in total. The quantitative estimate of drug-likeness (QED) is 0.725. The zero-order chi connectivity index (χ0) is 19.1. The molecule has 1 fully saturated rings. The molecule has 1 heterocycles. The lowest BCUT2D eigenvalue weighted by molar-refractivity contribution is -0.143. The molecule has 0 radical (unpaired) electrons. The number of Topliss-reactive ketones (excluding diaryl/α,β-unsaturated/α-hetero) is 1. The molecule has 0 atom stereocenters. The van der Waals surface area contributed by atoms with Crippen LogP contribution in [0.2, 0.25) is 0 Å². The van der Waals surface area contributed by atoms with Gasteiger partial charge < -0.3 is 14.7 Å². The summed E-state index contributed by atoms with van der Waals surface area (Å²) in [6.45, 7) is 2.65. The second-order valence-corrected chi connectivity index (χ2v) is 6.93. The standard InChI is InChI=1S/C22H25NO4/c24-21(18-4-2-1-3-5-18)16-27-20-8-6-17(7-9-20)10-13-23-14-11-19(12-15-23)22(25)26/h1-9,19H,10-16H2,(H,25,26). The van der Waals surface area contributed by atoms with Gasteiger partial charge in [0.05, 0.1) is 5.92 Å². The minimum Gasteiger partial charge on any atom is -0.485 e. The largest absolute Gasteiger partial charge is 0.485 e. The number of carbonyl (C=O) groups is 2. The first-order valence-corrected chi connectivity index (χ1v) is 9.37. The van der Waals surface area contributed by atoms with Crippen LogP contribution in [0.15, 0.2) is 54.6 Å². The molecular formula is C22H25NO4. The molecule has 5 nitrogen and oxygen atoms in total. The van der Waals surface area contributed by atoms with Crippen LogP contribution in [0.5, 0.6) is 5.75 Å². The van der Waals surface area contributed by atoms with Gasteiger partial charge in [0.15, 0.2) is 12.4 Å². The van der Waals surface area contributed by atoms with Crippen LogP contribution in [0, 0.1) is 5.92 Å². The molecule has 0 bridgehead atoms. The summed E-state index contributed by atoms with van der Waals surface area (Å²) in [6.07, 6.45) is 2.38. The number of carbonyl (C=O) groups excluding carboxylic acids is 1. The fourth-order valence-electron chi connectivity index (χ4n) is 3.30. The predicted octanol–water partition coefficient (Wildman–Crippen LogP) is 3.29. The monoisotopic (exact) mass is 367 g/mol. The predicted molar refractivity (Wildman–Crippen MR) is 103 cm³/mol. The van der Waals surface area contributed by atoms with E-state index in [0.29, 0.717) is 11.3 Å². The SMILES string of the molecule is O=C(COc1ccc(CCN2CCC(C(=O)O)CC2)cc1)c1ccccc1. The van der Waals surface area contributed by atoms with Crippen molar-refractivity contribution in [1.82, 2.24) is 4.90 Å². The molecule has 1 aliphatic heterocycles. The fourth-order valence-corrected chi connectivity index (χ4v) is 3.30. The maximum absolute atomic E-state index is 12.1. The molecular weight excluding hydrogens is 342 g/mol. The molecule has 5 heteroatoms. The summed E-state index contributed by atoms with van der Waals surface area (Å²) in [5, 5.41) is 9.05. The lowest BCUT2D eigenvalue weighted by Gasteiger charge is -2.29. The van der Waals surface area contributed by atoms with E-state index in [9.17, 15) is 9.59 Å². The molecule has 0 saturated carbocycles. The number of hydrogen-bond donors (Lipinski definition) is 1. The number of aliphatic carboxylic acids is 1. The van der Waals surface area contributed by atoms with Crippen LogP contribution in [0.3, 0.4) is 0 Å². The van der Waals surface area contributed by atoms with E-state index in [4.69, 9.17) is 9.84 Å². The van der Waals surface area contributed by atoms with Crippen molar-refractivity contribution in [3.05, 3.63) is 65.7 Å². The highest BCUT2D eigenvalue weighted by molar-refractivity contribution is 5.97. The van der Waals surface area contributed by atoms with E-state index < -0.39 is 5.97 Å². The number of nitrogens with zero attached hydrogens (tertiary/aromatic N) is 1. The summed E-state index contributed by atoms with van der Waals surface area (Å²) < 4.78 is 5.59. The van der Waals surface area contributed by atoms with Crippen LogP contribution in [0.4, 0.5) is 0 Å². The summed E-state index contributed by atoms with van der Waals surface area (Å²) in [6, 6.07) is 17.0. The molecule has 1 saturated heterocycles. The molecule has 3 rings (SSSR count). The van der Waals surface area contributed by atoms with Gasteiger partial charge in [0.25, 0.3) is 0 Å². The molecule has 0 spiro atoms. The van der Waals surface area contributed by atoms with Gasteiger partial charge in [-0.2, -0.15) is 0 Å². The molecule has 1 aliphatic rings. The van der Waals surface area contributed by atoms with E-state index in [0.717, 1.165) is 38.9 Å². The first-order valence-electron chi connectivity index (χ1n) is 9.37. The van der Waals surface area contributed by atoms with Gasteiger partial charge in [-0.15, -0.1) is 0 Å². The lowest BCUT2D eigenvalue weighted by atomic mass is 9.97. The van der Waals surface area contributed by atoms with Gasteiger partial charge in [0.1, 0.15) is 5.75 Å². The molecule has 0 unspecified atom stereocenters. The Hall–Kier alpha value is -2.66. The third-order valence-corrected chi connectivity index (χ3v) is 5.04. The van der Waals surface area contributed by atoms with E-state index in [1.54, 1.807) is 12.1 Å². The Labute approximate surface area is 159 Å². The Morgan fingerprint density at radius 2 is 1.67 bits per heavy atom. The minimum absolute atomic E-state index is 0.0296. The van der Waals surface area contributed by atoms with Crippen LogP contribution in [0.25, 0.3) is 0 Å². The molecule has 0 amide bonds. The number of hydrogen-bond acceptors (Lipinski definition) is 4. The second kappa shape index (κ2) is 9.33. The number of rotatable bonds is 8. The Morgan fingerprint density at radius 1 is 1.00 bits per heavy atom. The Balaban J connectivity index is 1.41. The third-order valence-electron chi connectivity index (χ3n) is 5.04. The summed E-state index contributed by atoms with van der Waals surface area (Å²) >= 11 is 0. The van der Waals surface area contributed by atoms with Crippen molar-refractivity contribution in [3.8, 4) is 5.75 Å². The van der Waals surface area contributed by atoms with Crippen molar-refractivity contribution in [2.75, 3.05) is 26.2 Å². The average Bonchev–Trinajstić information content (AvgIpc) is 2.72. The van der Waals surface area contributed by atoms with Gasteiger partial charge in [-0.3, -0.25) is 9.59 Å². The number of ketones is 1. The van der Waals surface area contributed by atoms with Gasteiger partial charge in [-0.1, -0.05) is 42.5 Å². The number of benzene rings is 2. The lowest BCUT2D eigenvalue weighted by Crippen LogP contribution is -2.37. The van der Waals surface area contributed by atoms with Crippen LogP contribution < -0.4 is 4.74 Å². The second-order valence-electron chi connectivity index (χ2n) is 6.93. The Bertz CT molecular complexity index is 750. The van der Waals surface area contributed by atoms with E-state index in [1.165, 1.54) is 5.56 Å². The summed E-state index contributed by atoms with van der Waals surface area (Å²) in [7, 11) is 0. The third kappa shape index (κ3) is 5.66.